The van der Waals surface area contributed by atoms with Crippen LogP contribution in [0.4, 0.5) is 0 Å². The number of amides is 2. The van der Waals surface area contributed by atoms with Crippen molar-refractivity contribution in [2.24, 2.45) is 0 Å². The maximum absolute atomic E-state index is 14.4. The van der Waals surface area contributed by atoms with Gasteiger partial charge in [-0.1, -0.05) is 48.0 Å². The number of benzene rings is 3. The van der Waals surface area contributed by atoms with Crippen molar-refractivity contribution in [3.8, 4) is 17.2 Å². The minimum atomic E-state index is -1.22. The Morgan fingerprint density at radius 1 is 0.975 bits per heavy atom. The number of rotatable bonds is 6. The van der Waals surface area contributed by atoms with E-state index in [4.69, 9.17) is 25.8 Å². The van der Waals surface area contributed by atoms with Crippen molar-refractivity contribution in [3.05, 3.63) is 88.1 Å². The number of nitrogens with one attached hydrogen (secondary N) is 1. The minimum absolute atomic E-state index is 0.0457. The normalized spacial score (nSPS) is 20.4. The molecule has 2 amide bonds. The number of hydrogen-bond donors (Lipinski definition) is 1. The maximum Gasteiger partial charge on any atom is 0.255 e. The molecule has 206 valence electrons. The summed E-state index contributed by atoms with van der Waals surface area (Å²) in [6.07, 6.45) is 0. The summed E-state index contributed by atoms with van der Waals surface area (Å²) in [5.74, 6) is 0.958. The number of piperazine rings is 1. The zero-order valence-corrected chi connectivity index (χ0v) is 23.5. The van der Waals surface area contributed by atoms with Crippen LogP contribution >= 0.6 is 11.6 Å². The lowest BCUT2D eigenvalue weighted by atomic mass is 9.76. The molecule has 1 saturated heterocycles. The van der Waals surface area contributed by atoms with E-state index in [-0.39, 0.29) is 30.8 Å². The van der Waals surface area contributed by atoms with E-state index >= 15 is 0 Å². The first-order chi connectivity index (χ1) is 19.3. The van der Waals surface area contributed by atoms with Gasteiger partial charge >= 0.3 is 0 Å². The molecule has 3 aromatic carbocycles. The number of aromatic nitrogens is 1. The number of hydrogen-bond acceptors (Lipinski definition) is 5. The van der Waals surface area contributed by atoms with Gasteiger partial charge < -0.3 is 29.0 Å². The number of ether oxygens (including phenoxy) is 3. The molecule has 2 aliphatic heterocycles. The van der Waals surface area contributed by atoms with E-state index in [2.05, 4.69) is 11.1 Å². The molecule has 4 aromatic rings. The van der Waals surface area contributed by atoms with Crippen LogP contribution in [0.3, 0.4) is 0 Å². The molecular formula is C31H30ClN3O5. The summed E-state index contributed by atoms with van der Waals surface area (Å²) in [7, 11) is 4.63. The maximum atomic E-state index is 14.4. The molecule has 2 aliphatic rings. The Bertz CT molecular complexity index is 1620. The average Bonchev–Trinajstić information content (AvgIpc) is 3.36. The lowest BCUT2D eigenvalue weighted by molar-refractivity contribution is -0.166. The average molecular weight is 560 g/mol. The van der Waals surface area contributed by atoms with E-state index in [1.54, 1.807) is 43.3 Å². The predicted octanol–water partition coefficient (Wildman–Crippen LogP) is 5.08. The minimum Gasteiger partial charge on any atom is -0.493 e. The smallest absolute Gasteiger partial charge is 0.255 e. The molecule has 6 rings (SSSR count). The number of nitrogens with zero attached hydrogens (tertiary/aromatic N) is 2. The van der Waals surface area contributed by atoms with Crippen LogP contribution in [0.1, 0.15) is 35.2 Å². The molecule has 0 bridgehead atoms. The van der Waals surface area contributed by atoms with E-state index in [0.717, 1.165) is 33.3 Å². The van der Waals surface area contributed by atoms with Crippen LogP contribution < -0.4 is 14.2 Å². The summed E-state index contributed by atoms with van der Waals surface area (Å²) in [5, 5.41) is 1.65. The van der Waals surface area contributed by atoms with Gasteiger partial charge in [0.2, 0.25) is 11.7 Å². The summed E-state index contributed by atoms with van der Waals surface area (Å²) >= 11 is 6.68. The quantitative estimate of drug-likeness (QED) is 0.356. The Kier molecular flexibility index (Phi) is 6.38. The predicted molar refractivity (Wildman–Crippen MR) is 152 cm³/mol. The topological polar surface area (TPSA) is 84.1 Å². The molecule has 0 saturated carbocycles. The number of carbonyl (C=O) groups is 2. The lowest BCUT2D eigenvalue weighted by Crippen LogP contribution is -2.67. The van der Waals surface area contributed by atoms with E-state index in [0.29, 0.717) is 28.8 Å². The van der Waals surface area contributed by atoms with Crippen molar-refractivity contribution >= 4 is 34.3 Å². The largest absolute Gasteiger partial charge is 0.493 e. The van der Waals surface area contributed by atoms with Gasteiger partial charge in [0, 0.05) is 34.9 Å². The molecular weight excluding hydrogens is 530 g/mol. The Morgan fingerprint density at radius 3 is 2.33 bits per heavy atom. The monoisotopic (exact) mass is 559 g/mol. The zero-order valence-electron chi connectivity index (χ0n) is 22.8. The summed E-state index contributed by atoms with van der Waals surface area (Å²) in [4.78, 5) is 35.1. The Hall–Kier alpha value is -4.17. The first kappa shape index (κ1) is 26.1. The molecule has 40 heavy (non-hydrogen) atoms. The Morgan fingerprint density at radius 2 is 1.65 bits per heavy atom. The SMILES string of the molecule is COc1cc(CN2CC(=O)N3C[C@H](c4ccccc4Cl)c4c([nH]c5ccccc45)[C@@]3(C)C2=O)cc(OC)c1OC. The molecule has 2 atom stereocenters. The van der Waals surface area contributed by atoms with Gasteiger partial charge in [0.05, 0.1) is 27.0 Å². The molecule has 3 heterocycles. The first-order valence-electron chi connectivity index (χ1n) is 13.1. The number of para-hydroxylation sites is 1. The van der Waals surface area contributed by atoms with Gasteiger partial charge in [-0.3, -0.25) is 9.59 Å². The summed E-state index contributed by atoms with van der Waals surface area (Å²) < 4.78 is 16.5. The van der Waals surface area contributed by atoms with Gasteiger partial charge in [0.25, 0.3) is 5.91 Å². The number of halogens is 1. The highest BCUT2D eigenvalue weighted by Gasteiger charge is 2.56. The van der Waals surface area contributed by atoms with Crippen LogP contribution in [-0.2, 0) is 21.7 Å². The van der Waals surface area contributed by atoms with Crippen LogP contribution in [0.25, 0.3) is 10.9 Å². The third-order valence-corrected chi connectivity index (χ3v) is 8.54. The van der Waals surface area contributed by atoms with Crippen molar-refractivity contribution < 1.29 is 23.8 Å². The third kappa shape index (κ3) is 3.81. The van der Waals surface area contributed by atoms with Crippen LogP contribution in [0.2, 0.25) is 5.02 Å². The van der Waals surface area contributed by atoms with Crippen molar-refractivity contribution in [1.82, 2.24) is 14.8 Å². The highest BCUT2D eigenvalue weighted by atomic mass is 35.5. The van der Waals surface area contributed by atoms with Crippen LogP contribution in [0.15, 0.2) is 60.7 Å². The standard InChI is InChI=1S/C31H30ClN3O5/c1-31-29-27(20-10-6-8-12-23(20)33-29)21(19-9-5-7-11-22(19)32)16-35(31)26(36)17-34(30(31)37)15-18-13-24(38-2)28(40-4)25(14-18)39-3/h5-14,21,33H,15-17H2,1-4H3/t21-,31+/m1/s1. The van der Waals surface area contributed by atoms with Crippen molar-refractivity contribution in [3.63, 3.8) is 0 Å². The number of methoxy groups -OCH3 is 3. The molecule has 1 N–H and O–H groups in total. The van der Waals surface area contributed by atoms with Crippen LogP contribution in [0, 0.1) is 0 Å². The van der Waals surface area contributed by atoms with Gasteiger partial charge in [-0.2, -0.15) is 0 Å². The van der Waals surface area contributed by atoms with Gasteiger partial charge in [-0.25, -0.2) is 0 Å². The fourth-order valence-electron chi connectivity index (χ4n) is 6.29. The fraction of sp³-hybridized carbons (Fsp3) is 0.290. The zero-order chi connectivity index (χ0) is 28.2. The second kappa shape index (κ2) is 9.78. The van der Waals surface area contributed by atoms with E-state index in [1.807, 2.05) is 49.4 Å². The van der Waals surface area contributed by atoms with Gasteiger partial charge in [0.1, 0.15) is 6.54 Å². The van der Waals surface area contributed by atoms with Crippen molar-refractivity contribution in [1.29, 1.82) is 0 Å². The van der Waals surface area contributed by atoms with Gasteiger partial charge in [-0.05, 0) is 47.9 Å². The van der Waals surface area contributed by atoms with Gasteiger partial charge in [0.15, 0.2) is 17.0 Å². The summed E-state index contributed by atoms with van der Waals surface area (Å²) in [6, 6.07) is 19.3. The summed E-state index contributed by atoms with van der Waals surface area (Å²) in [6.45, 7) is 2.34. The molecule has 0 aliphatic carbocycles. The highest BCUT2D eigenvalue weighted by molar-refractivity contribution is 6.31. The first-order valence-corrected chi connectivity index (χ1v) is 13.4. The number of carbonyl (C=O) groups excluding carboxylic acids is 2. The summed E-state index contributed by atoms with van der Waals surface area (Å²) in [5.41, 5.74) is 3.10. The Labute approximate surface area is 237 Å². The second-order valence-electron chi connectivity index (χ2n) is 10.3. The molecule has 8 nitrogen and oxygen atoms in total. The number of H-pyrrole nitrogens is 1. The molecule has 0 unspecified atom stereocenters. The van der Waals surface area contributed by atoms with Crippen molar-refractivity contribution in [2.45, 2.75) is 24.9 Å². The fourth-order valence-corrected chi connectivity index (χ4v) is 6.56. The Balaban J connectivity index is 1.47. The number of aromatic amines is 1. The molecule has 9 heteroatoms. The van der Waals surface area contributed by atoms with E-state index in [9.17, 15) is 9.59 Å². The molecule has 1 fully saturated rings. The molecule has 0 radical (unpaired) electrons. The van der Waals surface area contributed by atoms with Gasteiger partial charge in [-0.15, -0.1) is 0 Å². The third-order valence-electron chi connectivity index (χ3n) is 8.20. The lowest BCUT2D eigenvalue weighted by Gasteiger charge is -2.51. The van der Waals surface area contributed by atoms with Crippen LogP contribution in [-0.4, -0.2) is 61.0 Å². The van der Waals surface area contributed by atoms with Crippen molar-refractivity contribution in [2.75, 3.05) is 34.4 Å². The molecule has 1 aromatic heterocycles. The van der Waals surface area contributed by atoms with Crippen LogP contribution in [0.5, 0.6) is 17.2 Å². The molecule has 0 spiro atoms. The highest BCUT2D eigenvalue weighted by Crippen LogP contribution is 2.49. The number of fused-ring (bicyclic) bond motifs is 5. The van der Waals surface area contributed by atoms with E-state index in [1.165, 1.54) is 0 Å². The van der Waals surface area contributed by atoms with E-state index < -0.39 is 5.54 Å². The second-order valence-corrected chi connectivity index (χ2v) is 10.7.